The highest BCUT2D eigenvalue weighted by Crippen LogP contribution is 2.39. The minimum absolute atomic E-state index is 0.310. The summed E-state index contributed by atoms with van der Waals surface area (Å²) in [6.07, 6.45) is 15.8. The van der Waals surface area contributed by atoms with E-state index >= 15 is 0 Å². The molecule has 0 radical (unpaired) electrons. The maximum absolute atomic E-state index is 10.3. The van der Waals surface area contributed by atoms with Gasteiger partial charge in [-0.3, -0.25) is 0 Å². The van der Waals surface area contributed by atoms with E-state index in [0.717, 1.165) is 37.0 Å². The first kappa shape index (κ1) is 15.4. The van der Waals surface area contributed by atoms with Crippen molar-refractivity contribution in [2.45, 2.75) is 96.5 Å². The van der Waals surface area contributed by atoms with Crippen molar-refractivity contribution in [1.29, 1.82) is 0 Å². The van der Waals surface area contributed by atoms with Crippen LogP contribution in [0.1, 0.15) is 90.9 Å². The molecule has 2 rings (SSSR count). The van der Waals surface area contributed by atoms with Gasteiger partial charge in [-0.1, -0.05) is 58.8 Å². The van der Waals surface area contributed by atoms with Gasteiger partial charge in [0.25, 0.3) is 0 Å². The lowest BCUT2D eigenvalue weighted by Gasteiger charge is -2.36. The minimum Gasteiger partial charge on any atom is -0.390 e. The van der Waals surface area contributed by atoms with Crippen molar-refractivity contribution >= 4 is 0 Å². The predicted molar refractivity (Wildman–Crippen MR) is 82.2 cm³/mol. The SMILES string of the molecule is CCC1CCC(CCC2CCC(O)(CC)CC2)CC1. The summed E-state index contributed by atoms with van der Waals surface area (Å²) in [6.45, 7) is 4.48. The Bertz CT molecular complexity index is 244. The molecule has 0 spiro atoms. The Morgan fingerprint density at radius 3 is 1.74 bits per heavy atom. The zero-order chi connectivity index (χ0) is 13.7. The van der Waals surface area contributed by atoms with Crippen LogP contribution in [0.4, 0.5) is 0 Å². The van der Waals surface area contributed by atoms with Crippen LogP contribution in [0.3, 0.4) is 0 Å². The van der Waals surface area contributed by atoms with Crippen LogP contribution in [0.2, 0.25) is 0 Å². The molecule has 1 nitrogen and oxygen atoms in total. The summed E-state index contributed by atoms with van der Waals surface area (Å²) in [5.74, 6) is 2.97. The third-order valence-electron chi connectivity index (χ3n) is 6.22. The second kappa shape index (κ2) is 7.11. The second-order valence-electron chi connectivity index (χ2n) is 7.39. The Balaban J connectivity index is 1.62. The Labute approximate surface area is 120 Å². The summed E-state index contributed by atoms with van der Waals surface area (Å²) >= 11 is 0. The molecule has 2 saturated carbocycles. The molecule has 0 unspecified atom stereocenters. The second-order valence-corrected chi connectivity index (χ2v) is 7.39. The van der Waals surface area contributed by atoms with Crippen LogP contribution in [0.25, 0.3) is 0 Å². The molecule has 1 N–H and O–H groups in total. The Morgan fingerprint density at radius 2 is 1.26 bits per heavy atom. The van der Waals surface area contributed by atoms with Gasteiger partial charge >= 0.3 is 0 Å². The summed E-state index contributed by atoms with van der Waals surface area (Å²) in [5, 5.41) is 10.3. The van der Waals surface area contributed by atoms with Gasteiger partial charge < -0.3 is 5.11 Å². The third-order valence-corrected chi connectivity index (χ3v) is 6.22. The van der Waals surface area contributed by atoms with Crippen molar-refractivity contribution in [3.8, 4) is 0 Å². The van der Waals surface area contributed by atoms with Crippen molar-refractivity contribution in [3.05, 3.63) is 0 Å². The van der Waals surface area contributed by atoms with Gasteiger partial charge in [-0.15, -0.1) is 0 Å². The fourth-order valence-electron chi connectivity index (χ4n) is 4.26. The van der Waals surface area contributed by atoms with Gasteiger partial charge in [0, 0.05) is 0 Å². The molecule has 112 valence electrons. The molecule has 0 atom stereocenters. The zero-order valence-electron chi connectivity index (χ0n) is 13.2. The molecule has 0 aliphatic heterocycles. The van der Waals surface area contributed by atoms with Gasteiger partial charge in [0.2, 0.25) is 0 Å². The first-order chi connectivity index (χ1) is 9.15. The number of rotatable bonds is 5. The van der Waals surface area contributed by atoms with Crippen LogP contribution in [-0.4, -0.2) is 10.7 Å². The summed E-state index contributed by atoms with van der Waals surface area (Å²) in [6, 6.07) is 0. The van der Waals surface area contributed by atoms with Crippen molar-refractivity contribution in [2.24, 2.45) is 17.8 Å². The Kier molecular flexibility index (Phi) is 5.74. The van der Waals surface area contributed by atoms with E-state index in [9.17, 15) is 5.11 Å². The first-order valence-electron chi connectivity index (χ1n) is 8.87. The Hall–Kier alpha value is -0.0400. The van der Waals surface area contributed by atoms with Crippen LogP contribution in [0, 0.1) is 17.8 Å². The minimum atomic E-state index is -0.310. The molecular weight excluding hydrogens is 232 g/mol. The summed E-state index contributed by atoms with van der Waals surface area (Å²) in [5.41, 5.74) is -0.310. The fourth-order valence-corrected chi connectivity index (χ4v) is 4.26. The van der Waals surface area contributed by atoms with Gasteiger partial charge in [-0.05, 0) is 49.9 Å². The van der Waals surface area contributed by atoms with Crippen LogP contribution in [0.5, 0.6) is 0 Å². The molecule has 2 fully saturated rings. The number of hydrogen-bond acceptors (Lipinski definition) is 1. The first-order valence-corrected chi connectivity index (χ1v) is 8.87. The van der Waals surface area contributed by atoms with Crippen LogP contribution < -0.4 is 0 Å². The topological polar surface area (TPSA) is 20.2 Å². The summed E-state index contributed by atoms with van der Waals surface area (Å²) in [7, 11) is 0. The third kappa shape index (κ3) is 4.48. The molecule has 2 aliphatic carbocycles. The van der Waals surface area contributed by atoms with E-state index in [1.54, 1.807) is 0 Å². The lowest BCUT2D eigenvalue weighted by molar-refractivity contribution is -0.0142. The van der Waals surface area contributed by atoms with Crippen molar-refractivity contribution in [1.82, 2.24) is 0 Å². The molecule has 0 aromatic heterocycles. The van der Waals surface area contributed by atoms with Crippen LogP contribution in [0.15, 0.2) is 0 Å². The molecular formula is C18H34O. The highest BCUT2D eigenvalue weighted by molar-refractivity contribution is 4.84. The summed E-state index contributed by atoms with van der Waals surface area (Å²) < 4.78 is 0. The molecule has 0 bridgehead atoms. The Morgan fingerprint density at radius 1 is 0.789 bits per heavy atom. The maximum Gasteiger partial charge on any atom is 0.0645 e. The quantitative estimate of drug-likeness (QED) is 0.714. The molecule has 0 aromatic carbocycles. The van der Waals surface area contributed by atoms with Gasteiger partial charge in [-0.25, -0.2) is 0 Å². The molecule has 0 heterocycles. The normalized spacial score (nSPS) is 40.3. The van der Waals surface area contributed by atoms with E-state index in [1.165, 1.54) is 57.8 Å². The summed E-state index contributed by atoms with van der Waals surface area (Å²) in [4.78, 5) is 0. The number of hydrogen-bond donors (Lipinski definition) is 1. The fraction of sp³-hybridized carbons (Fsp3) is 1.00. The standard InChI is InChI=1S/C18H34O/c1-3-15-5-7-16(8-6-15)9-10-17-11-13-18(19,4-2)14-12-17/h15-17,19H,3-14H2,1-2H3. The molecule has 0 amide bonds. The van der Waals surface area contributed by atoms with Gasteiger partial charge in [0.1, 0.15) is 0 Å². The van der Waals surface area contributed by atoms with Crippen LogP contribution in [-0.2, 0) is 0 Å². The lowest BCUT2D eigenvalue weighted by atomic mass is 9.73. The monoisotopic (exact) mass is 266 g/mol. The largest absolute Gasteiger partial charge is 0.390 e. The molecule has 1 heteroatoms. The van der Waals surface area contributed by atoms with E-state index in [0.29, 0.717) is 0 Å². The van der Waals surface area contributed by atoms with Crippen molar-refractivity contribution < 1.29 is 5.11 Å². The van der Waals surface area contributed by atoms with Crippen molar-refractivity contribution in [2.75, 3.05) is 0 Å². The zero-order valence-corrected chi connectivity index (χ0v) is 13.2. The highest BCUT2D eigenvalue weighted by atomic mass is 16.3. The van der Waals surface area contributed by atoms with Gasteiger partial charge in [-0.2, -0.15) is 0 Å². The van der Waals surface area contributed by atoms with E-state index < -0.39 is 0 Å². The molecule has 0 saturated heterocycles. The maximum atomic E-state index is 10.3. The smallest absolute Gasteiger partial charge is 0.0645 e. The van der Waals surface area contributed by atoms with E-state index in [1.807, 2.05) is 0 Å². The van der Waals surface area contributed by atoms with E-state index in [2.05, 4.69) is 13.8 Å². The predicted octanol–water partition coefficient (Wildman–Crippen LogP) is 5.31. The molecule has 2 aliphatic rings. The molecule has 0 aromatic rings. The highest BCUT2D eigenvalue weighted by Gasteiger charge is 2.31. The van der Waals surface area contributed by atoms with E-state index in [-0.39, 0.29) is 5.60 Å². The number of aliphatic hydroxyl groups is 1. The van der Waals surface area contributed by atoms with Crippen molar-refractivity contribution in [3.63, 3.8) is 0 Å². The lowest BCUT2D eigenvalue weighted by Crippen LogP contribution is -2.33. The average molecular weight is 266 g/mol. The average Bonchev–Trinajstić information content (AvgIpc) is 2.47. The molecule has 19 heavy (non-hydrogen) atoms. The van der Waals surface area contributed by atoms with Crippen LogP contribution >= 0.6 is 0 Å². The van der Waals surface area contributed by atoms with Gasteiger partial charge in [0.05, 0.1) is 5.60 Å². The van der Waals surface area contributed by atoms with Gasteiger partial charge in [0.15, 0.2) is 0 Å². The van der Waals surface area contributed by atoms with E-state index in [4.69, 9.17) is 0 Å².